The molecule has 2 aromatic rings. The van der Waals surface area contributed by atoms with Gasteiger partial charge in [-0.15, -0.1) is 12.4 Å². The maximum absolute atomic E-state index is 12.2. The molecule has 0 radical (unpaired) electrons. The molecule has 3 N–H and O–H groups in total. The van der Waals surface area contributed by atoms with Gasteiger partial charge >= 0.3 is 0 Å². The molecule has 0 aliphatic carbocycles. The summed E-state index contributed by atoms with van der Waals surface area (Å²) in [5, 5.41) is 9.00. The lowest BCUT2D eigenvalue weighted by molar-refractivity contribution is -0.119. The summed E-state index contributed by atoms with van der Waals surface area (Å²) in [7, 11) is 0. The molecule has 2 aromatic carbocycles. The predicted molar refractivity (Wildman–Crippen MR) is 106 cm³/mol. The van der Waals surface area contributed by atoms with E-state index in [1.807, 2.05) is 30.3 Å². The lowest BCUT2D eigenvalue weighted by Crippen LogP contribution is -2.26. The van der Waals surface area contributed by atoms with Gasteiger partial charge in [-0.25, -0.2) is 0 Å². The van der Waals surface area contributed by atoms with Crippen molar-refractivity contribution in [1.29, 1.82) is 0 Å². The monoisotopic (exact) mass is 373 g/mol. The zero-order chi connectivity index (χ0) is 17.5. The minimum absolute atomic E-state index is 0. The van der Waals surface area contributed by atoms with Crippen LogP contribution in [-0.2, 0) is 11.2 Å². The Bertz CT molecular complexity index is 714. The molecule has 138 valence electrons. The Balaban J connectivity index is 0.00000243. The van der Waals surface area contributed by atoms with Gasteiger partial charge in [-0.3, -0.25) is 9.59 Å². The summed E-state index contributed by atoms with van der Waals surface area (Å²) in [4.78, 5) is 24.3. The summed E-state index contributed by atoms with van der Waals surface area (Å²) in [5.41, 5.74) is 2.51. The summed E-state index contributed by atoms with van der Waals surface area (Å²) in [6.07, 6.45) is 1.67. The Labute approximate surface area is 160 Å². The van der Waals surface area contributed by atoms with Crippen molar-refractivity contribution >= 4 is 29.9 Å². The van der Waals surface area contributed by atoms with Gasteiger partial charge in [0.2, 0.25) is 5.91 Å². The van der Waals surface area contributed by atoms with Gasteiger partial charge in [0.1, 0.15) is 0 Å². The molecule has 1 fully saturated rings. The van der Waals surface area contributed by atoms with Gasteiger partial charge in [-0.2, -0.15) is 0 Å². The molecule has 0 saturated carbocycles. The minimum atomic E-state index is -0.103. The van der Waals surface area contributed by atoms with Crippen LogP contribution in [-0.4, -0.2) is 31.4 Å². The molecule has 0 aromatic heterocycles. The summed E-state index contributed by atoms with van der Waals surface area (Å²) in [6, 6.07) is 17.1. The van der Waals surface area contributed by atoms with Crippen molar-refractivity contribution in [2.24, 2.45) is 5.92 Å². The second-order valence-electron chi connectivity index (χ2n) is 6.25. The Morgan fingerprint density at radius 1 is 1.04 bits per heavy atom. The Morgan fingerprint density at radius 3 is 2.42 bits per heavy atom. The van der Waals surface area contributed by atoms with Crippen LogP contribution in [0.25, 0.3) is 0 Å². The first kappa shape index (κ1) is 19.9. The van der Waals surface area contributed by atoms with E-state index in [0.717, 1.165) is 31.6 Å². The average molecular weight is 374 g/mol. The predicted octanol–water partition coefficient (Wildman–Crippen LogP) is 2.63. The van der Waals surface area contributed by atoms with Crippen LogP contribution in [0.2, 0.25) is 0 Å². The standard InChI is InChI=1S/C20H23N3O2.ClH/c24-19(22-13-10-15-4-2-1-3-5-15)16-6-8-18(9-7-16)23-20(25)17-11-12-21-14-17;/h1-9,17,21H,10-14H2,(H,22,24)(H,23,25);1H. The van der Waals surface area contributed by atoms with Crippen LogP contribution in [0.4, 0.5) is 5.69 Å². The molecule has 1 atom stereocenters. The number of amides is 2. The molecule has 1 heterocycles. The Kier molecular flexibility index (Phi) is 7.63. The van der Waals surface area contributed by atoms with E-state index in [4.69, 9.17) is 0 Å². The zero-order valence-corrected chi connectivity index (χ0v) is 15.4. The number of hydrogen-bond donors (Lipinski definition) is 3. The van der Waals surface area contributed by atoms with Crippen molar-refractivity contribution in [3.8, 4) is 0 Å². The molecule has 1 unspecified atom stereocenters. The Hall–Kier alpha value is -2.37. The maximum Gasteiger partial charge on any atom is 0.251 e. The zero-order valence-electron chi connectivity index (χ0n) is 14.5. The second-order valence-corrected chi connectivity index (χ2v) is 6.25. The van der Waals surface area contributed by atoms with Crippen LogP contribution in [0.1, 0.15) is 22.3 Å². The summed E-state index contributed by atoms with van der Waals surface area (Å²) < 4.78 is 0. The minimum Gasteiger partial charge on any atom is -0.352 e. The van der Waals surface area contributed by atoms with E-state index in [9.17, 15) is 9.59 Å². The van der Waals surface area contributed by atoms with Crippen molar-refractivity contribution in [2.75, 3.05) is 25.0 Å². The van der Waals surface area contributed by atoms with E-state index < -0.39 is 0 Å². The fourth-order valence-electron chi connectivity index (χ4n) is 2.89. The third-order valence-corrected chi connectivity index (χ3v) is 4.39. The Morgan fingerprint density at radius 2 is 1.77 bits per heavy atom. The molecule has 1 aliphatic heterocycles. The van der Waals surface area contributed by atoms with Crippen LogP contribution in [0, 0.1) is 5.92 Å². The smallest absolute Gasteiger partial charge is 0.251 e. The number of carbonyl (C=O) groups is 2. The molecule has 0 spiro atoms. The third-order valence-electron chi connectivity index (χ3n) is 4.39. The van der Waals surface area contributed by atoms with E-state index in [1.165, 1.54) is 5.56 Å². The van der Waals surface area contributed by atoms with E-state index in [2.05, 4.69) is 16.0 Å². The molecule has 1 saturated heterocycles. The molecule has 5 nitrogen and oxygen atoms in total. The number of nitrogens with one attached hydrogen (secondary N) is 3. The van der Waals surface area contributed by atoms with E-state index >= 15 is 0 Å². The first-order valence-electron chi connectivity index (χ1n) is 8.66. The lowest BCUT2D eigenvalue weighted by atomic mass is 10.1. The van der Waals surface area contributed by atoms with Crippen LogP contribution < -0.4 is 16.0 Å². The number of hydrogen-bond acceptors (Lipinski definition) is 3. The molecule has 0 bridgehead atoms. The quantitative estimate of drug-likeness (QED) is 0.729. The molecular weight excluding hydrogens is 350 g/mol. The maximum atomic E-state index is 12.2. The highest BCUT2D eigenvalue weighted by Crippen LogP contribution is 2.14. The molecule has 3 rings (SSSR count). The van der Waals surface area contributed by atoms with Crippen molar-refractivity contribution in [3.05, 3.63) is 65.7 Å². The van der Waals surface area contributed by atoms with E-state index in [0.29, 0.717) is 12.1 Å². The molecular formula is C20H24ClN3O2. The summed E-state index contributed by atoms with van der Waals surface area (Å²) in [6.45, 7) is 2.21. The largest absolute Gasteiger partial charge is 0.352 e. The van der Waals surface area contributed by atoms with Crippen molar-refractivity contribution < 1.29 is 9.59 Å². The molecule has 1 aliphatic rings. The number of halogens is 1. The van der Waals surface area contributed by atoms with Gasteiger partial charge in [0.05, 0.1) is 5.92 Å². The van der Waals surface area contributed by atoms with Gasteiger partial charge in [-0.1, -0.05) is 30.3 Å². The number of benzene rings is 2. The van der Waals surface area contributed by atoms with Gasteiger partial charge < -0.3 is 16.0 Å². The van der Waals surface area contributed by atoms with Crippen molar-refractivity contribution in [2.45, 2.75) is 12.8 Å². The number of anilines is 1. The van der Waals surface area contributed by atoms with Crippen molar-refractivity contribution in [1.82, 2.24) is 10.6 Å². The fourth-order valence-corrected chi connectivity index (χ4v) is 2.89. The topological polar surface area (TPSA) is 70.2 Å². The van der Waals surface area contributed by atoms with Crippen LogP contribution in [0.3, 0.4) is 0 Å². The number of carbonyl (C=O) groups excluding carboxylic acids is 2. The first-order valence-corrected chi connectivity index (χ1v) is 8.66. The molecule has 6 heteroatoms. The van der Waals surface area contributed by atoms with Gasteiger partial charge in [0, 0.05) is 24.3 Å². The summed E-state index contributed by atoms with van der Waals surface area (Å²) >= 11 is 0. The van der Waals surface area contributed by atoms with E-state index in [-0.39, 0.29) is 30.1 Å². The van der Waals surface area contributed by atoms with E-state index in [1.54, 1.807) is 24.3 Å². The van der Waals surface area contributed by atoms with Crippen LogP contribution in [0.5, 0.6) is 0 Å². The number of rotatable bonds is 6. The van der Waals surface area contributed by atoms with Crippen molar-refractivity contribution in [3.63, 3.8) is 0 Å². The average Bonchev–Trinajstić information content (AvgIpc) is 3.18. The summed E-state index contributed by atoms with van der Waals surface area (Å²) in [5.74, 6) is -0.0418. The van der Waals surface area contributed by atoms with Gasteiger partial charge in [-0.05, 0) is 49.2 Å². The van der Waals surface area contributed by atoms with Crippen LogP contribution in [0.15, 0.2) is 54.6 Å². The SMILES string of the molecule is Cl.O=C(NCCc1ccccc1)c1ccc(NC(=O)C2CCNC2)cc1. The molecule has 2 amide bonds. The van der Waals surface area contributed by atoms with Gasteiger partial charge in [0.15, 0.2) is 0 Å². The normalized spacial score (nSPS) is 15.8. The fraction of sp³-hybridized carbons (Fsp3) is 0.300. The van der Waals surface area contributed by atoms with Gasteiger partial charge in [0.25, 0.3) is 5.91 Å². The second kappa shape index (κ2) is 9.94. The van der Waals surface area contributed by atoms with Crippen LogP contribution >= 0.6 is 12.4 Å². The first-order chi connectivity index (χ1) is 12.2. The highest BCUT2D eigenvalue weighted by Gasteiger charge is 2.22. The third kappa shape index (κ3) is 5.58. The lowest BCUT2D eigenvalue weighted by Gasteiger charge is -2.10. The highest BCUT2D eigenvalue weighted by atomic mass is 35.5. The molecule has 26 heavy (non-hydrogen) atoms. The highest BCUT2D eigenvalue weighted by molar-refractivity contribution is 5.96.